The molecule has 0 aromatic carbocycles. The van der Waals surface area contributed by atoms with Gasteiger partial charge in [0.25, 0.3) is 0 Å². The van der Waals surface area contributed by atoms with Crippen molar-refractivity contribution in [1.82, 2.24) is 19.9 Å². The maximum atomic E-state index is 8.19. The van der Waals surface area contributed by atoms with Gasteiger partial charge in [-0.15, -0.1) is 46.9 Å². The van der Waals surface area contributed by atoms with Gasteiger partial charge in [0.1, 0.15) is 0 Å². The molecule has 0 atom stereocenters. The van der Waals surface area contributed by atoms with Crippen LogP contribution >= 0.6 is 24.8 Å². The summed E-state index contributed by atoms with van der Waals surface area (Å²) >= 11 is 1.06. The second-order valence-corrected chi connectivity index (χ2v) is 9.93. The molecule has 0 saturated carbocycles. The summed E-state index contributed by atoms with van der Waals surface area (Å²) in [4.78, 5) is 20.4. The van der Waals surface area contributed by atoms with E-state index in [4.69, 9.17) is 23.6 Å². The summed E-state index contributed by atoms with van der Waals surface area (Å²) in [5.74, 6) is 0. The molecule has 0 saturated heterocycles. The van der Waals surface area contributed by atoms with Crippen molar-refractivity contribution >= 4 is 69.2 Å². The van der Waals surface area contributed by atoms with Gasteiger partial charge >= 0.3 is 21.0 Å². The van der Waals surface area contributed by atoms with Crippen LogP contribution < -0.4 is 9.97 Å². The van der Waals surface area contributed by atoms with Crippen molar-refractivity contribution in [2.24, 2.45) is 0 Å². The first kappa shape index (κ1) is 33.8. The van der Waals surface area contributed by atoms with Crippen molar-refractivity contribution < 1.29 is 21.0 Å². The van der Waals surface area contributed by atoms with E-state index in [2.05, 4.69) is 79.7 Å². The average Bonchev–Trinajstić information content (AvgIpc) is 3.57. The van der Waals surface area contributed by atoms with Crippen LogP contribution in [0.5, 0.6) is 0 Å². The fourth-order valence-corrected chi connectivity index (χ4v) is 5.85. The Morgan fingerprint density at radius 1 is 0.550 bits per heavy atom. The van der Waals surface area contributed by atoms with E-state index < -0.39 is 0 Å². The van der Waals surface area contributed by atoms with E-state index in [1.54, 1.807) is 0 Å². The Labute approximate surface area is 259 Å². The molecule has 0 fully saturated rings. The van der Waals surface area contributed by atoms with Crippen LogP contribution in [0.4, 0.5) is 0 Å². The second-order valence-electron chi connectivity index (χ2n) is 9.93. The fraction of sp³-hybridized carbons (Fsp3) is 0.375. The monoisotopic (exact) mass is 615 g/mol. The quantitative estimate of drug-likeness (QED) is 0.293. The molecule has 2 aliphatic heterocycles. The van der Waals surface area contributed by atoms with Crippen LogP contribution in [0.3, 0.4) is 0 Å². The molecule has 5 nitrogen and oxygen atoms in total. The van der Waals surface area contributed by atoms with E-state index in [1.807, 2.05) is 0 Å². The number of aromatic nitrogens is 4. The third kappa shape index (κ3) is 5.80. The van der Waals surface area contributed by atoms with Crippen molar-refractivity contribution in [3.05, 3.63) is 69.3 Å². The zero-order valence-corrected chi connectivity index (χ0v) is 27.6. The maximum absolute atomic E-state index is 8.19. The summed E-state index contributed by atoms with van der Waals surface area (Å²) in [6, 6.07) is 8.72. The van der Waals surface area contributed by atoms with Gasteiger partial charge in [-0.1, -0.05) is 68.1 Å². The Kier molecular flexibility index (Phi) is 11.8. The molecule has 3 aromatic rings. The molecule has 8 heteroatoms. The number of rotatable bonds is 4. The van der Waals surface area contributed by atoms with Gasteiger partial charge in [0, 0.05) is 0 Å². The van der Waals surface area contributed by atoms with E-state index in [9.17, 15) is 0 Å². The van der Waals surface area contributed by atoms with Crippen LogP contribution in [0, 0.1) is 13.8 Å². The molecule has 0 spiro atoms. The van der Waals surface area contributed by atoms with Crippen molar-refractivity contribution in [2.75, 3.05) is 0 Å². The number of allylic oxidation sites excluding steroid dienone is 4. The summed E-state index contributed by atoms with van der Waals surface area (Å²) in [6.45, 7) is 17.6. The van der Waals surface area contributed by atoms with Gasteiger partial charge in [-0.05, 0) is 81.7 Å². The molecule has 0 N–H and O–H groups in total. The second kappa shape index (κ2) is 14.0. The molecule has 5 rings (SSSR count). The summed E-state index contributed by atoms with van der Waals surface area (Å²) in [5.41, 5.74) is 18.2. The molecule has 40 heavy (non-hydrogen) atoms. The summed E-state index contributed by atoms with van der Waals surface area (Å²) in [7, 11) is 0. The van der Waals surface area contributed by atoms with Crippen LogP contribution in [0.1, 0.15) is 99.4 Å². The molecular formula is C32H38Cl2N4OV-2. The van der Waals surface area contributed by atoms with Gasteiger partial charge in [-0.3, -0.25) is 0 Å². The molecule has 0 unspecified atom stereocenters. The number of hydrogen-bond acceptors (Lipinski definition) is 3. The predicted molar refractivity (Wildman–Crippen MR) is 168 cm³/mol. The molecule has 0 amide bonds. The Morgan fingerprint density at radius 3 is 1.38 bits per heavy atom. The summed E-state index contributed by atoms with van der Waals surface area (Å²) < 4.78 is 8.19. The molecule has 3 aromatic heterocycles. The van der Waals surface area contributed by atoms with Gasteiger partial charge < -0.3 is 9.97 Å². The van der Waals surface area contributed by atoms with Crippen LogP contribution in [0.15, 0.2) is 24.3 Å². The molecule has 2 aliphatic rings. The van der Waals surface area contributed by atoms with Gasteiger partial charge in [0.05, 0.1) is 22.8 Å². The first-order chi connectivity index (χ1) is 18.3. The summed E-state index contributed by atoms with van der Waals surface area (Å²) in [5, 5.41) is 0. The predicted octanol–water partition coefficient (Wildman–Crippen LogP) is 8.72. The fourth-order valence-electron chi connectivity index (χ4n) is 5.85. The van der Waals surface area contributed by atoms with Crippen LogP contribution in [0.2, 0.25) is 0 Å². The number of halogens is 2. The minimum absolute atomic E-state index is 0. The molecule has 0 aliphatic carbocycles. The van der Waals surface area contributed by atoms with Gasteiger partial charge in [0.2, 0.25) is 0 Å². The van der Waals surface area contributed by atoms with Gasteiger partial charge in [-0.2, -0.15) is 0 Å². The van der Waals surface area contributed by atoms with Crippen molar-refractivity contribution in [3.8, 4) is 0 Å². The Balaban J connectivity index is 0.00000137. The van der Waals surface area contributed by atoms with E-state index in [0.717, 1.165) is 87.9 Å². The van der Waals surface area contributed by atoms with E-state index >= 15 is 0 Å². The summed E-state index contributed by atoms with van der Waals surface area (Å²) in [6.07, 6.45) is 3.74. The molecule has 5 heterocycles. The van der Waals surface area contributed by atoms with E-state index in [0.29, 0.717) is 0 Å². The first-order valence-electron chi connectivity index (χ1n) is 13.5. The molecular weight excluding hydrogens is 578 g/mol. The van der Waals surface area contributed by atoms with Crippen LogP contribution in [0.25, 0.3) is 44.4 Å². The number of aryl methyl sites for hydroxylation is 4. The Hall–Kier alpha value is -2.44. The van der Waals surface area contributed by atoms with Crippen molar-refractivity contribution in [3.63, 3.8) is 0 Å². The van der Waals surface area contributed by atoms with Crippen LogP contribution in [-0.2, 0) is 33.9 Å². The topological polar surface area (TPSA) is 71.1 Å². The van der Waals surface area contributed by atoms with Crippen molar-refractivity contribution in [1.29, 1.82) is 0 Å². The molecule has 0 radical (unpaired) electrons. The third-order valence-electron chi connectivity index (χ3n) is 8.06. The zero-order chi connectivity index (χ0) is 27.7. The number of fused-ring (bicyclic) bond motifs is 8. The van der Waals surface area contributed by atoms with Gasteiger partial charge in [0.15, 0.2) is 0 Å². The standard InChI is InChI=1S/C32H36N4.2ClH.O.V/c1-9-21-17(5)25-14-30-23(11-3)19(7)27(35-30)16-32-24(12-4)20(8)28(36-32)15-31-22(10-2)18(6)26(34-31)13-29(21)33-25;;;;/h13-16H,9-12H2,1-8H3;2*1H;;/q-2;;;;. The third-order valence-corrected chi connectivity index (χ3v) is 8.06. The van der Waals surface area contributed by atoms with E-state index in [-0.39, 0.29) is 24.8 Å². The minimum atomic E-state index is 0. The average molecular weight is 617 g/mol. The van der Waals surface area contributed by atoms with E-state index in [1.165, 1.54) is 44.5 Å². The molecule has 213 valence electrons. The van der Waals surface area contributed by atoms with Crippen LogP contribution in [-0.4, -0.2) is 9.97 Å². The molecule has 8 bridgehead atoms. The van der Waals surface area contributed by atoms with Crippen molar-refractivity contribution in [2.45, 2.75) is 81.1 Å². The Morgan fingerprint density at radius 2 is 0.925 bits per heavy atom. The normalized spacial score (nSPS) is 12.5. The Bertz CT molecular complexity index is 1650. The number of hydrogen-bond donors (Lipinski definition) is 0. The zero-order valence-electron chi connectivity index (χ0n) is 24.6. The van der Waals surface area contributed by atoms with Gasteiger partial charge in [-0.25, -0.2) is 9.97 Å². The SMILES string of the molecule is CCC1=C(C)c2cc3[n-]c(cc4[n-]c(cc5nc(cc1n2)C(C)=C5CC)c(C)c4CC)c(C)c3CC.Cl.Cl.[O]=[V]. The first-order valence-corrected chi connectivity index (χ1v) is 14.1. The number of nitrogens with zero attached hydrogens (tertiary/aromatic N) is 4.